The fraction of sp³-hybridized carbons (Fsp3) is 0.375. The molecule has 3 rings (SSSR count). The number of amides is 1. The predicted octanol–water partition coefficient (Wildman–Crippen LogP) is 3.46. The highest BCUT2D eigenvalue weighted by Crippen LogP contribution is 2.59. The number of halogens is 2. The first-order chi connectivity index (χ1) is 10.9. The maximum atomic E-state index is 12.2. The fourth-order valence-corrected chi connectivity index (χ4v) is 3.13. The molecule has 1 aliphatic carbocycles. The summed E-state index contributed by atoms with van der Waals surface area (Å²) in [5.74, 6) is 1.06. The number of nitrogens with one attached hydrogen (secondary N) is 1. The molecule has 2 unspecified atom stereocenters. The highest BCUT2D eigenvalue weighted by molar-refractivity contribution is 6.55. The van der Waals surface area contributed by atoms with Gasteiger partial charge in [-0.25, -0.2) is 5.43 Å². The number of rotatable bonds is 4. The largest absolute Gasteiger partial charge is 0.454 e. The number of benzene rings is 1. The molecule has 2 atom stereocenters. The van der Waals surface area contributed by atoms with Crippen LogP contribution in [0.15, 0.2) is 33.9 Å². The van der Waals surface area contributed by atoms with Crippen molar-refractivity contribution in [1.29, 1.82) is 0 Å². The Morgan fingerprint density at radius 1 is 1.35 bits per heavy atom. The first-order valence-corrected chi connectivity index (χ1v) is 7.90. The molecule has 1 fully saturated rings. The molecule has 2 aliphatic rings. The summed E-state index contributed by atoms with van der Waals surface area (Å²) in [6, 6.07) is 5.44. The van der Waals surface area contributed by atoms with E-state index in [2.05, 4.69) is 10.5 Å². The molecule has 0 radical (unpaired) electrons. The van der Waals surface area contributed by atoms with Gasteiger partial charge in [-0.1, -0.05) is 37.0 Å². The van der Waals surface area contributed by atoms with Gasteiger partial charge in [-0.15, -0.1) is 0 Å². The average Bonchev–Trinajstić information content (AvgIpc) is 2.85. The van der Waals surface area contributed by atoms with E-state index in [0.717, 1.165) is 5.56 Å². The second-order valence-corrected chi connectivity index (χ2v) is 7.14. The van der Waals surface area contributed by atoms with Crippen molar-refractivity contribution in [2.45, 2.75) is 13.8 Å². The van der Waals surface area contributed by atoms with E-state index in [0.29, 0.717) is 11.5 Å². The zero-order chi connectivity index (χ0) is 16.6. The van der Waals surface area contributed by atoms with E-state index in [-0.39, 0.29) is 34.4 Å². The first-order valence-electron chi connectivity index (χ1n) is 7.15. The van der Waals surface area contributed by atoms with E-state index in [1.165, 1.54) is 0 Å². The van der Waals surface area contributed by atoms with Crippen LogP contribution in [0.25, 0.3) is 0 Å². The van der Waals surface area contributed by atoms with Crippen LogP contribution in [0.3, 0.4) is 0 Å². The molecule has 0 saturated heterocycles. The van der Waals surface area contributed by atoms with Crippen molar-refractivity contribution in [3.05, 3.63) is 34.3 Å². The highest BCUT2D eigenvalue weighted by atomic mass is 35.5. The standard InChI is InChI=1S/C16H16Cl2N2O3/c1-16(2)10(6-13(17)18)14(16)15(21)20-19-7-9-3-4-11-12(5-9)23-8-22-11/h3-7,10,14H,8H2,1-2H3,(H,20,21)/b19-7+. The SMILES string of the molecule is CC1(C)C(C=C(Cl)Cl)C1C(=O)N/N=C/c1ccc2c(c1)OCO2. The molecule has 0 aromatic heterocycles. The predicted molar refractivity (Wildman–Crippen MR) is 88.9 cm³/mol. The van der Waals surface area contributed by atoms with Crippen LogP contribution in [0.2, 0.25) is 0 Å². The van der Waals surface area contributed by atoms with Gasteiger partial charge >= 0.3 is 0 Å². The number of nitrogens with zero attached hydrogens (tertiary/aromatic N) is 1. The second kappa shape index (κ2) is 6.06. The Kier molecular flexibility index (Phi) is 4.25. The molecule has 122 valence electrons. The van der Waals surface area contributed by atoms with Gasteiger partial charge in [0.1, 0.15) is 4.49 Å². The van der Waals surface area contributed by atoms with Crippen LogP contribution in [0.4, 0.5) is 0 Å². The molecule has 0 spiro atoms. The summed E-state index contributed by atoms with van der Waals surface area (Å²) in [7, 11) is 0. The number of ether oxygens (including phenoxy) is 2. The van der Waals surface area contributed by atoms with Gasteiger partial charge in [0.05, 0.1) is 12.1 Å². The lowest BCUT2D eigenvalue weighted by atomic mass is 10.1. The Labute approximate surface area is 144 Å². The fourth-order valence-electron chi connectivity index (χ4n) is 2.86. The molecule has 1 N–H and O–H groups in total. The number of fused-ring (bicyclic) bond motifs is 1. The maximum absolute atomic E-state index is 12.2. The molecule has 1 heterocycles. The van der Waals surface area contributed by atoms with Crippen LogP contribution in [-0.4, -0.2) is 18.9 Å². The number of carbonyl (C=O) groups excluding carboxylic acids is 1. The summed E-state index contributed by atoms with van der Waals surface area (Å²) in [4.78, 5) is 12.2. The van der Waals surface area contributed by atoms with Gasteiger partial charge in [-0.2, -0.15) is 5.10 Å². The zero-order valence-electron chi connectivity index (χ0n) is 12.7. The van der Waals surface area contributed by atoms with Crippen LogP contribution in [0.5, 0.6) is 11.5 Å². The Hall–Kier alpha value is -1.72. The van der Waals surface area contributed by atoms with Gasteiger partial charge in [-0.3, -0.25) is 4.79 Å². The summed E-state index contributed by atoms with van der Waals surface area (Å²) in [6.45, 7) is 4.22. The highest BCUT2D eigenvalue weighted by Gasteiger charge is 2.60. The number of hydrazone groups is 1. The Morgan fingerprint density at radius 2 is 2.09 bits per heavy atom. The molecule has 0 bridgehead atoms. The van der Waals surface area contributed by atoms with Crippen molar-refractivity contribution in [3.63, 3.8) is 0 Å². The minimum atomic E-state index is -0.191. The van der Waals surface area contributed by atoms with Crippen molar-refractivity contribution < 1.29 is 14.3 Å². The van der Waals surface area contributed by atoms with Crippen molar-refractivity contribution in [2.75, 3.05) is 6.79 Å². The molecular weight excluding hydrogens is 339 g/mol. The molecule has 1 saturated carbocycles. The summed E-state index contributed by atoms with van der Waals surface area (Å²) in [5.41, 5.74) is 3.20. The minimum absolute atomic E-state index is 0.0215. The monoisotopic (exact) mass is 354 g/mol. The van der Waals surface area contributed by atoms with Crippen molar-refractivity contribution in [3.8, 4) is 11.5 Å². The Bertz CT molecular complexity index is 697. The summed E-state index contributed by atoms with van der Waals surface area (Å²) < 4.78 is 10.7. The smallest absolute Gasteiger partial charge is 0.244 e. The van der Waals surface area contributed by atoms with Crippen LogP contribution in [0.1, 0.15) is 19.4 Å². The van der Waals surface area contributed by atoms with Crippen molar-refractivity contribution in [2.24, 2.45) is 22.4 Å². The lowest BCUT2D eigenvalue weighted by Gasteiger charge is -2.01. The third kappa shape index (κ3) is 3.31. The van der Waals surface area contributed by atoms with E-state index in [4.69, 9.17) is 32.7 Å². The summed E-state index contributed by atoms with van der Waals surface area (Å²) in [6.07, 6.45) is 3.27. The molecule has 1 aromatic carbocycles. The number of hydrogen-bond acceptors (Lipinski definition) is 4. The lowest BCUT2D eigenvalue weighted by molar-refractivity contribution is -0.123. The van der Waals surface area contributed by atoms with Gasteiger partial charge in [0.15, 0.2) is 11.5 Å². The van der Waals surface area contributed by atoms with Gasteiger partial charge in [0, 0.05) is 0 Å². The van der Waals surface area contributed by atoms with Crippen LogP contribution in [0, 0.1) is 17.3 Å². The zero-order valence-corrected chi connectivity index (χ0v) is 14.2. The average molecular weight is 355 g/mol. The van der Waals surface area contributed by atoms with Gasteiger partial charge in [-0.05, 0) is 41.2 Å². The third-order valence-electron chi connectivity index (χ3n) is 4.28. The lowest BCUT2D eigenvalue weighted by Crippen LogP contribution is -2.21. The molecule has 7 heteroatoms. The maximum Gasteiger partial charge on any atom is 0.244 e. The normalized spacial score (nSPS) is 23.7. The number of hydrogen-bond donors (Lipinski definition) is 1. The van der Waals surface area contributed by atoms with Crippen LogP contribution in [-0.2, 0) is 4.79 Å². The summed E-state index contributed by atoms with van der Waals surface area (Å²) in [5, 5.41) is 4.00. The van der Waals surface area contributed by atoms with Crippen molar-refractivity contribution in [1.82, 2.24) is 5.43 Å². The summed E-state index contributed by atoms with van der Waals surface area (Å²) >= 11 is 11.4. The molecule has 1 aliphatic heterocycles. The van der Waals surface area contributed by atoms with E-state index < -0.39 is 0 Å². The topological polar surface area (TPSA) is 59.9 Å². The van der Waals surface area contributed by atoms with E-state index >= 15 is 0 Å². The number of allylic oxidation sites excluding steroid dienone is 1. The molecule has 5 nitrogen and oxygen atoms in total. The van der Waals surface area contributed by atoms with E-state index in [9.17, 15) is 4.79 Å². The van der Waals surface area contributed by atoms with Gasteiger partial charge in [0.2, 0.25) is 12.7 Å². The molecular formula is C16H16Cl2N2O3. The molecule has 23 heavy (non-hydrogen) atoms. The first kappa shape index (κ1) is 16.1. The minimum Gasteiger partial charge on any atom is -0.454 e. The molecule has 1 aromatic rings. The van der Waals surface area contributed by atoms with Gasteiger partial charge in [0.25, 0.3) is 0 Å². The Balaban J connectivity index is 1.60. The number of carbonyl (C=O) groups is 1. The van der Waals surface area contributed by atoms with Crippen LogP contribution < -0.4 is 14.9 Å². The van der Waals surface area contributed by atoms with Crippen molar-refractivity contribution >= 4 is 35.3 Å². The third-order valence-corrected chi connectivity index (χ3v) is 4.54. The van der Waals surface area contributed by atoms with E-state index in [1.807, 2.05) is 19.9 Å². The van der Waals surface area contributed by atoms with Gasteiger partial charge < -0.3 is 9.47 Å². The second-order valence-electron chi connectivity index (χ2n) is 6.13. The quantitative estimate of drug-likeness (QED) is 0.665. The van der Waals surface area contributed by atoms with E-state index in [1.54, 1.807) is 24.4 Å². The van der Waals surface area contributed by atoms with Crippen LogP contribution >= 0.6 is 23.2 Å². The Morgan fingerprint density at radius 3 is 2.83 bits per heavy atom. The molecule has 1 amide bonds.